The van der Waals surface area contributed by atoms with E-state index in [2.05, 4.69) is 15.5 Å². The van der Waals surface area contributed by atoms with E-state index in [1.807, 2.05) is 24.3 Å². The molecule has 0 unspecified atom stereocenters. The number of ether oxygens (including phenoxy) is 1. The largest absolute Gasteiger partial charge is 0.448 e. The number of hydrogen-bond donors (Lipinski definition) is 1. The van der Waals surface area contributed by atoms with E-state index in [-0.39, 0.29) is 0 Å². The molecule has 1 aliphatic heterocycles. The van der Waals surface area contributed by atoms with E-state index >= 15 is 0 Å². The van der Waals surface area contributed by atoms with Gasteiger partial charge in [-0.25, -0.2) is 4.79 Å². The Morgan fingerprint density at radius 1 is 1.17 bits per heavy atom. The van der Waals surface area contributed by atoms with Gasteiger partial charge in [0, 0.05) is 12.6 Å². The van der Waals surface area contributed by atoms with Crippen LogP contribution in [0.3, 0.4) is 0 Å². The number of cyclic esters (lactones) is 1. The quantitative estimate of drug-likeness (QED) is 0.724. The Labute approximate surface area is 130 Å². The monoisotopic (exact) mass is 308 g/mol. The van der Waals surface area contributed by atoms with Crippen LogP contribution in [0.4, 0.5) is 5.95 Å². The molecule has 1 aliphatic rings. The smallest absolute Gasteiger partial charge is 0.339 e. The van der Waals surface area contributed by atoms with Crippen LogP contribution in [-0.4, -0.2) is 32.6 Å². The first-order valence-corrected chi connectivity index (χ1v) is 7.12. The minimum atomic E-state index is -0.881. The molecule has 7 heteroatoms. The molecule has 0 aliphatic carbocycles. The summed E-state index contributed by atoms with van der Waals surface area (Å²) in [4.78, 5) is 24.4. The summed E-state index contributed by atoms with van der Waals surface area (Å²) in [7, 11) is 0. The van der Waals surface area contributed by atoms with Gasteiger partial charge in [-0.05, 0) is 23.8 Å². The van der Waals surface area contributed by atoms with Gasteiger partial charge in [0.1, 0.15) is 0 Å². The lowest BCUT2D eigenvalue weighted by atomic mass is 9.98. The number of carbonyl (C=O) groups excluding carboxylic acids is 2. The molecule has 0 spiro atoms. The van der Waals surface area contributed by atoms with E-state index < -0.39 is 18.0 Å². The summed E-state index contributed by atoms with van der Waals surface area (Å²) in [5.41, 5.74) is 1.92. The third kappa shape index (κ3) is 2.32. The molecule has 0 bridgehead atoms. The van der Waals surface area contributed by atoms with Gasteiger partial charge in [0.15, 0.2) is 11.8 Å². The number of carbonyl (C=O) groups is 2. The molecule has 0 saturated carbocycles. The summed E-state index contributed by atoms with van der Waals surface area (Å²) >= 11 is 0. The number of nitrogens with one attached hydrogen (secondary N) is 1. The Morgan fingerprint density at radius 3 is 2.91 bits per heavy atom. The Hall–Kier alpha value is -3.22. The van der Waals surface area contributed by atoms with Crippen molar-refractivity contribution < 1.29 is 14.3 Å². The fourth-order valence-electron chi connectivity index (χ4n) is 2.60. The van der Waals surface area contributed by atoms with Crippen molar-refractivity contribution in [2.75, 3.05) is 5.32 Å². The summed E-state index contributed by atoms with van der Waals surface area (Å²) < 4.78 is 6.88. The molecule has 1 amide bonds. The van der Waals surface area contributed by atoms with Crippen LogP contribution in [0.5, 0.6) is 0 Å². The minimum absolute atomic E-state index is 0.292. The van der Waals surface area contributed by atoms with E-state index in [9.17, 15) is 9.59 Å². The maximum absolute atomic E-state index is 12.4. The maximum atomic E-state index is 12.4. The molecule has 7 nitrogen and oxygen atoms in total. The molecule has 3 heterocycles. The zero-order chi connectivity index (χ0) is 15.8. The van der Waals surface area contributed by atoms with Crippen molar-refractivity contribution >= 4 is 23.5 Å². The lowest BCUT2D eigenvalue weighted by Crippen LogP contribution is -2.38. The van der Waals surface area contributed by atoms with E-state index in [0.29, 0.717) is 23.6 Å². The molecule has 0 radical (unpaired) electrons. The molecule has 1 N–H and O–H groups in total. The summed E-state index contributed by atoms with van der Waals surface area (Å²) in [5, 5.41) is 10.6. The third-order valence-electron chi connectivity index (χ3n) is 3.73. The fraction of sp³-hybridized carbons (Fsp3) is 0.125. The number of nitrogens with zero attached hydrogens (tertiary/aromatic N) is 3. The van der Waals surface area contributed by atoms with E-state index in [1.54, 1.807) is 28.8 Å². The first kappa shape index (κ1) is 13.4. The molecule has 2 aromatic heterocycles. The lowest BCUT2D eigenvalue weighted by Gasteiger charge is -2.23. The maximum Gasteiger partial charge on any atom is 0.339 e. The van der Waals surface area contributed by atoms with Gasteiger partial charge in [-0.2, -0.15) is 0 Å². The second kappa shape index (κ2) is 5.20. The van der Waals surface area contributed by atoms with Gasteiger partial charge < -0.3 is 4.74 Å². The van der Waals surface area contributed by atoms with Crippen molar-refractivity contribution in [3.63, 3.8) is 0 Å². The average molecular weight is 308 g/mol. The number of esters is 1. The number of amides is 1. The predicted octanol–water partition coefficient (Wildman–Crippen LogP) is 1.45. The highest BCUT2D eigenvalue weighted by Crippen LogP contribution is 2.21. The molecule has 114 valence electrons. The number of rotatable bonds is 2. The molecule has 1 atom stereocenters. The van der Waals surface area contributed by atoms with Crippen LogP contribution in [0.25, 0.3) is 5.65 Å². The van der Waals surface area contributed by atoms with Crippen molar-refractivity contribution in [1.29, 1.82) is 0 Å². The van der Waals surface area contributed by atoms with Crippen LogP contribution in [-0.2, 0) is 16.0 Å². The second-order valence-corrected chi connectivity index (χ2v) is 5.20. The van der Waals surface area contributed by atoms with E-state index in [0.717, 1.165) is 5.56 Å². The van der Waals surface area contributed by atoms with Crippen LogP contribution >= 0.6 is 0 Å². The first-order chi connectivity index (χ1) is 11.2. The number of aromatic nitrogens is 3. The molecule has 0 saturated heterocycles. The van der Waals surface area contributed by atoms with Crippen LogP contribution in [0.1, 0.15) is 15.9 Å². The Morgan fingerprint density at radius 2 is 2.00 bits per heavy atom. The normalized spacial score (nSPS) is 16.7. The summed E-state index contributed by atoms with van der Waals surface area (Å²) in [6.07, 6.45) is 1.20. The molecular weight excluding hydrogens is 296 g/mol. The highest BCUT2D eigenvalue weighted by molar-refractivity contribution is 5.99. The predicted molar refractivity (Wildman–Crippen MR) is 81.0 cm³/mol. The first-order valence-electron chi connectivity index (χ1n) is 7.12. The molecule has 1 aromatic carbocycles. The van der Waals surface area contributed by atoms with Crippen molar-refractivity contribution in [2.24, 2.45) is 0 Å². The summed E-state index contributed by atoms with van der Waals surface area (Å²) in [5.74, 6) is -0.621. The van der Waals surface area contributed by atoms with Crippen molar-refractivity contribution in [1.82, 2.24) is 14.6 Å². The average Bonchev–Trinajstić information content (AvgIpc) is 2.98. The highest BCUT2D eigenvalue weighted by atomic mass is 16.5. The zero-order valence-corrected chi connectivity index (χ0v) is 12.0. The highest BCUT2D eigenvalue weighted by Gasteiger charge is 2.31. The van der Waals surface area contributed by atoms with Gasteiger partial charge in [0.05, 0.1) is 5.56 Å². The number of pyridine rings is 1. The van der Waals surface area contributed by atoms with Gasteiger partial charge in [0.25, 0.3) is 5.91 Å². The molecule has 23 heavy (non-hydrogen) atoms. The number of fused-ring (bicyclic) bond motifs is 2. The lowest BCUT2D eigenvalue weighted by molar-refractivity contribution is -0.125. The van der Waals surface area contributed by atoms with Gasteiger partial charge in [-0.3, -0.25) is 14.5 Å². The fourth-order valence-corrected chi connectivity index (χ4v) is 2.60. The third-order valence-corrected chi connectivity index (χ3v) is 3.73. The van der Waals surface area contributed by atoms with Gasteiger partial charge >= 0.3 is 5.97 Å². The van der Waals surface area contributed by atoms with Gasteiger partial charge in [0.2, 0.25) is 5.95 Å². The molecule has 3 aromatic rings. The van der Waals surface area contributed by atoms with Crippen LogP contribution in [0.15, 0.2) is 48.7 Å². The number of benzene rings is 1. The van der Waals surface area contributed by atoms with Gasteiger partial charge in [-0.15, -0.1) is 10.2 Å². The summed E-state index contributed by atoms with van der Waals surface area (Å²) in [6, 6.07) is 12.5. The van der Waals surface area contributed by atoms with E-state index in [4.69, 9.17) is 4.74 Å². The van der Waals surface area contributed by atoms with Crippen LogP contribution < -0.4 is 5.32 Å². The summed E-state index contributed by atoms with van der Waals surface area (Å²) in [6.45, 7) is 0. The SMILES string of the molecule is O=C1O[C@H](C(=O)Nc2nnc3ccccn23)Cc2ccccc21. The topological polar surface area (TPSA) is 85.6 Å². The van der Waals surface area contributed by atoms with Crippen molar-refractivity contribution in [2.45, 2.75) is 12.5 Å². The zero-order valence-electron chi connectivity index (χ0n) is 12.0. The Bertz CT molecular complexity index is 918. The minimum Gasteiger partial charge on any atom is -0.448 e. The van der Waals surface area contributed by atoms with Crippen molar-refractivity contribution in [3.05, 3.63) is 59.8 Å². The molecular formula is C16H12N4O3. The van der Waals surface area contributed by atoms with Gasteiger partial charge in [-0.1, -0.05) is 24.3 Å². The van der Waals surface area contributed by atoms with Crippen molar-refractivity contribution in [3.8, 4) is 0 Å². The van der Waals surface area contributed by atoms with Crippen LogP contribution in [0.2, 0.25) is 0 Å². The Kier molecular flexibility index (Phi) is 3.04. The molecule has 0 fully saturated rings. The molecule has 4 rings (SSSR count). The number of hydrogen-bond acceptors (Lipinski definition) is 5. The van der Waals surface area contributed by atoms with E-state index in [1.165, 1.54) is 0 Å². The Balaban J connectivity index is 1.57. The standard InChI is InChI=1S/C16H12N4O3/c21-14(17-16-19-18-13-7-3-4-8-20(13)16)12-9-10-5-1-2-6-11(10)15(22)23-12/h1-8,12H,9H2,(H,17,19,21)/t12-/m0/s1. The second-order valence-electron chi connectivity index (χ2n) is 5.20. The van der Waals surface area contributed by atoms with Crippen LogP contribution in [0, 0.1) is 0 Å². The number of anilines is 1.